The third-order valence-electron chi connectivity index (χ3n) is 4.19. The van der Waals surface area contributed by atoms with E-state index >= 15 is 0 Å². The van der Waals surface area contributed by atoms with Crippen molar-refractivity contribution in [3.63, 3.8) is 0 Å². The molecule has 7 nitrogen and oxygen atoms in total. The van der Waals surface area contributed by atoms with Gasteiger partial charge in [0.1, 0.15) is 5.65 Å². The molecule has 1 amide bonds. The van der Waals surface area contributed by atoms with Crippen LogP contribution in [0.1, 0.15) is 16.2 Å². The summed E-state index contributed by atoms with van der Waals surface area (Å²) < 4.78 is 7.05. The highest BCUT2D eigenvalue weighted by Gasteiger charge is 2.24. The van der Waals surface area contributed by atoms with Crippen molar-refractivity contribution in [3.8, 4) is 0 Å². The molecule has 0 bridgehead atoms. The maximum atomic E-state index is 12.2. The molecule has 3 aromatic heterocycles. The Balaban J connectivity index is 1.39. The second-order valence-electron chi connectivity index (χ2n) is 5.62. The van der Waals surface area contributed by atoms with Gasteiger partial charge in [-0.05, 0) is 12.1 Å². The number of piperazine rings is 1. The van der Waals surface area contributed by atoms with Gasteiger partial charge < -0.3 is 13.8 Å². The fraction of sp³-hybridized carbons (Fsp3) is 0.312. The summed E-state index contributed by atoms with van der Waals surface area (Å²) >= 11 is 0. The van der Waals surface area contributed by atoms with Crippen LogP contribution in [0.4, 0.5) is 0 Å². The minimum absolute atomic E-state index is 0.0862. The van der Waals surface area contributed by atoms with Gasteiger partial charge in [-0.1, -0.05) is 11.2 Å². The molecule has 0 N–H and O–H groups in total. The number of carbonyl (C=O) groups excluding carboxylic acids is 1. The lowest BCUT2D eigenvalue weighted by atomic mass is 10.2. The summed E-state index contributed by atoms with van der Waals surface area (Å²) in [4.78, 5) is 20.8. The molecule has 0 radical (unpaired) electrons. The van der Waals surface area contributed by atoms with E-state index in [0.717, 1.165) is 31.0 Å². The van der Waals surface area contributed by atoms with Crippen LogP contribution in [0.5, 0.6) is 0 Å². The molecule has 0 unspecified atom stereocenters. The number of imidazole rings is 1. The van der Waals surface area contributed by atoms with Crippen LogP contribution in [0.2, 0.25) is 0 Å². The van der Waals surface area contributed by atoms with Crippen molar-refractivity contribution >= 4 is 11.6 Å². The Morgan fingerprint density at radius 3 is 2.83 bits per heavy atom. The number of rotatable bonds is 3. The number of hydrogen-bond acceptors (Lipinski definition) is 5. The molecular weight excluding hydrogens is 294 g/mol. The number of aromatic nitrogens is 3. The first kappa shape index (κ1) is 14.0. The minimum Gasteiger partial charge on any atom is -0.351 e. The van der Waals surface area contributed by atoms with Gasteiger partial charge in [-0.3, -0.25) is 9.69 Å². The highest BCUT2D eigenvalue weighted by atomic mass is 16.5. The van der Waals surface area contributed by atoms with Gasteiger partial charge in [-0.15, -0.1) is 0 Å². The van der Waals surface area contributed by atoms with Crippen LogP contribution in [0.3, 0.4) is 0 Å². The first-order valence-corrected chi connectivity index (χ1v) is 7.64. The van der Waals surface area contributed by atoms with E-state index < -0.39 is 0 Å². The monoisotopic (exact) mass is 311 g/mol. The number of hydrogen-bond donors (Lipinski definition) is 0. The van der Waals surface area contributed by atoms with Crippen molar-refractivity contribution in [2.45, 2.75) is 6.54 Å². The lowest BCUT2D eigenvalue weighted by Crippen LogP contribution is -2.48. The maximum absolute atomic E-state index is 12.2. The molecule has 23 heavy (non-hydrogen) atoms. The van der Waals surface area contributed by atoms with Crippen molar-refractivity contribution in [2.75, 3.05) is 26.2 Å². The smallest absolute Gasteiger partial charge is 0.292 e. The summed E-state index contributed by atoms with van der Waals surface area (Å²) in [6.45, 7) is 3.88. The summed E-state index contributed by atoms with van der Waals surface area (Å²) in [6.07, 6.45) is 5.44. The number of amides is 1. The molecule has 1 aliphatic rings. The summed E-state index contributed by atoms with van der Waals surface area (Å²) in [5, 5.41) is 3.59. The Labute approximate surface area is 133 Å². The van der Waals surface area contributed by atoms with Gasteiger partial charge in [0.15, 0.2) is 0 Å². The third-order valence-corrected chi connectivity index (χ3v) is 4.19. The zero-order chi connectivity index (χ0) is 15.6. The Morgan fingerprint density at radius 1 is 1.17 bits per heavy atom. The van der Waals surface area contributed by atoms with Crippen LogP contribution in [-0.2, 0) is 6.54 Å². The number of pyridine rings is 1. The van der Waals surface area contributed by atoms with E-state index in [1.165, 1.54) is 6.20 Å². The maximum Gasteiger partial charge on any atom is 0.292 e. The second-order valence-corrected chi connectivity index (χ2v) is 5.62. The van der Waals surface area contributed by atoms with E-state index in [0.29, 0.717) is 18.8 Å². The first-order chi connectivity index (χ1) is 11.3. The van der Waals surface area contributed by atoms with Crippen LogP contribution in [-0.4, -0.2) is 56.4 Å². The minimum atomic E-state index is -0.0862. The average molecular weight is 311 g/mol. The SMILES string of the molecule is O=C(c1ccno1)N1CCN(Cc2cnc3ccccn23)CC1. The van der Waals surface area contributed by atoms with E-state index in [1.54, 1.807) is 6.07 Å². The number of fused-ring (bicyclic) bond motifs is 1. The Kier molecular flexibility index (Phi) is 3.55. The van der Waals surface area contributed by atoms with Crippen LogP contribution in [0, 0.1) is 0 Å². The van der Waals surface area contributed by atoms with Crippen molar-refractivity contribution < 1.29 is 9.32 Å². The highest BCUT2D eigenvalue weighted by Crippen LogP contribution is 2.13. The molecule has 4 rings (SSSR count). The summed E-state index contributed by atoms with van der Waals surface area (Å²) in [6, 6.07) is 7.59. The van der Waals surface area contributed by atoms with E-state index in [2.05, 4.69) is 19.4 Å². The zero-order valence-electron chi connectivity index (χ0n) is 12.6. The Morgan fingerprint density at radius 2 is 2.04 bits per heavy atom. The molecular formula is C16H17N5O2. The molecule has 0 saturated carbocycles. The summed E-state index contributed by atoms with van der Waals surface area (Å²) in [7, 11) is 0. The van der Waals surface area contributed by atoms with Crippen LogP contribution < -0.4 is 0 Å². The molecule has 0 atom stereocenters. The summed E-state index contributed by atoms with van der Waals surface area (Å²) in [5.41, 5.74) is 2.12. The molecule has 0 aromatic carbocycles. The van der Waals surface area contributed by atoms with Gasteiger partial charge in [0.05, 0.1) is 18.1 Å². The molecule has 118 valence electrons. The highest BCUT2D eigenvalue weighted by molar-refractivity contribution is 5.91. The van der Waals surface area contributed by atoms with Crippen LogP contribution >= 0.6 is 0 Å². The molecule has 0 aliphatic carbocycles. The van der Waals surface area contributed by atoms with Crippen LogP contribution in [0.15, 0.2) is 47.4 Å². The van der Waals surface area contributed by atoms with Crippen molar-refractivity contribution in [1.29, 1.82) is 0 Å². The topological polar surface area (TPSA) is 66.9 Å². The van der Waals surface area contributed by atoms with Gasteiger partial charge in [0.25, 0.3) is 5.91 Å². The average Bonchev–Trinajstić information content (AvgIpc) is 3.25. The quantitative estimate of drug-likeness (QED) is 0.729. The van der Waals surface area contributed by atoms with Crippen LogP contribution in [0.25, 0.3) is 5.65 Å². The van der Waals surface area contributed by atoms with E-state index in [-0.39, 0.29) is 5.91 Å². The van der Waals surface area contributed by atoms with Gasteiger partial charge >= 0.3 is 0 Å². The van der Waals surface area contributed by atoms with Gasteiger partial charge in [-0.2, -0.15) is 0 Å². The van der Waals surface area contributed by atoms with Crippen molar-refractivity contribution in [2.24, 2.45) is 0 Å². The first-order valence-electron chi connectivity index (χ1n) is 7.64. The predicted molar refractivity (Wildman–Crippen MR) is 82.9 cm³/mol. The molecule has 3 aromatic rings. The fourth-order valence-corrected chi connectivity index (χ4v) is 2.92. The van der Waals surface area contributed by atoms with Gasteiger partial charge in [0.2, 0.25) is 5.76 Å². The van der Waals surface area contributed by atoms with Crippen molar-refractivity contribution in [3.05, 3.63) is 54.3 Å². The van der Waals surface area contributed by atoms with Gasteiger partial charge in [-0.25, -0.2) is 4.98 Å². The molecule has 4 heterocycles. The molecule has 1 aliphatic heterocycles. The zero-order valence-corrected chi connectivity index (χ0v) is 12.6. The lowest BCUT2D eigenvalue weighted by molar-refractivity contribution is 0.0587. The normalized spacial score (nSPS) is 16.1. The van der Waals surface area contributed by atoms with Crippen molar-refractivity contribution in [1.82, 2.24) is 24.3 Å². The standard InChI is InChI=1S/C16H17N5O2/c22-16(14-4-5-18-23-14)20-9-7-19(8-10-20)12-13-11-17-15-3-1-2-6-21(13)15/h1-6,11H,7-10,12H2. The van der Waals surface area contributed by atoms with E-state index in [9.17, 15) is 4.79 Å². The largest absolute Gasteiger partial charge is 0.351 e. The lowest BCUT2D eigenvalue weighted by Gasteiger charge is -2.34. The molecule has 0 spiro atoms. The van der Waals surface area contributed by atoms with E-state index in [1.807, 2.05) is 35.5 Å². The second kappa shape index (κ2) is 5.85. The fourth-order valence-electron chi connectivity index (χ4n) is 2.92. The summed E-state index contributed by atoms with van der Waals surface area (Å²) in [5.74, 6) is 0.220. The Hall–Kier alpha value is -2.67. The van der Waals surface area contributed by atoms with E-state index in [4.69, 9.17) is 4.52 Å². The number of carbonyl (C=O) groups is 1. The molecule has 1 saturated heterocycles. The third kappa shape index (κ3) is 2.70. The van der Waals surface area contributed by atoms with Gasteiger partial charge in [0, 0.05) is 45.0 Å². The Bertz CT molecular complexity index is 803. The molecule has 7 heteroatoms. The predicted octanol–water partition coefficient (Wildman–Crippen LogP) is 1.28. The number of nitrogens with zero attached hydrogens (tertiary/aromatic N) is 5. The molecule has 1 fully saturated rings.